The Kier molecular flexibility index (Phi) is 4.73. The van der Waals surface area contributed by atoms with Gasteiger partial charge in [0, 0.05) is 44.4 Å². The summed E-state index contributed by atoms with van der Waals surface area (Å²) < 4.78 is 5.07. The average molecular weight is 315 g/mol. The minimum atomic E-state index is -1.08. The first kappa shape index (κ1) is 15.7. The van der Waals surface area contributed by atoms with Gasteiger partial charge in [-0.15, -0.1) is 0 Å². The predicted molar refractivity (Wildman–Crippen MR) is 86.5 cm³/mol. The first-order valence-electron chi connectivity index (χ1n) is 7.82. The molecule has 1 aromatic heterocycles. The van der Waals surface area contributed by atoms with Crippen molar-refractivity contribution in [3.63, 3.8) is 0 Å². The SMILES string of the molecule is CN1CCN(CCc2ccc(-c3cc(C(=O)O)no3)cc2)CC1. The van der Waals surface area contributed by atoms with Crippen LogP contribution in [0.1, 0.15) is 16.1 Å². The normalized spacial score (nSPS) is 16.6. The van der Waals surface area contributed by atoms with E-state index < -0.39 is 5.97 Å². The van der Waals surface area contributed by atoms with Crippen LogP contribution in [0.2, 0.25) is 0 Å². The van der Waals surface area contributed by atoms with Gasteiger partial charge in [-0.1, -0.05) is 29.4 Å². The van der Waals surface area contributed by atoms with Crippen LogP contribution in [0.15, 0.2) is 34.9 Å². The van der Waals surface area contributed by atoms with E-state index in [1.54, 1.807) is 0 Å². The van der Waals surface area contributed by atoms with Crippen LogP contribution in [0.25, 0.3) is 11.3 Å². The molecular formula is C17H21N3O3. The van der Waals surface area contributed by atoms with Gasteiger partial charge in [-0.05, 0) is 19.0 Å². The quantitative estimate of drug-likeness (QED) is 0.908. The predicted octanol–water partition coefficient (Wildman–Crippen LogP) is 1.83. The second-order valence-corrected chi connectivity index (χ2v) is 5.97. The van der Waals surface area contributed by atoms with Crippen molar-refractivity contribution in [2.75, 3.05) is 39.8 Å². The van der Waals surface area contributed by atoms with Gasteiger partial charge in [0.1, 0.15) is 0 Å². The minimum Gasteiger partial charge on any atom is -0.476 e. The van der Waals surface area contributed by atoms with E-state index in [1.807, 2.05) is 12.1 Å². The number of hydrogen-bond donors (Lipinski definition) is 1. The molecule has 1 fully saturated rings. The van der Waals surface area contributed by atoms with Crippen LogP contribution in [0, 0.1) is 0 Å². The molecule has 1 aliphatic rings. The van der Waals surface area contributed by atoms with E-state index in [1.165, 1.54) is 11.6 Å². The molecule has 2 aromatic rings. The second kappa shape index (κ2) is 6.93. The molecule has 0 saturated carbocycles. The lowest BCUT2D eigenvalue weighted by Crippen LogP contribution is -2.45. The van der Waals surface area contributed by atoms with Crippen molar-refractivity contribution in [2.24, 2.45) is 0 Å². The Bertz CT molecular complexity index is 658. The van der Waals surface area contributed by atoms with Gasteiger partial charge < -0.3 is 19.4 Å². The van der Waals surface area contributed by atoms with Crippen molar-refractivity contribution >= 4 is 5.97 Å². The summed E-state index contributed by atoms with van der Waals surface area (Å²) in [6, 6.07) is 9.47. The Balaban J connectivity index is 1.57. The smallest absolute Gasteiger partial charge is 0.358 e. The van der Waals surface area contributed by atoms with Gasteiger partial charge in [-0.25, -0.2) is 4.79 Å². The molecule has 23 heavy (non-hydrogen) atoms. The van der Waals surface area contributed by atoms with E-state index in [0.717, 1.165) is 44.7 Å². The highest BCUT2D eigenvalue weighted by atomic mass is 16.5. The third kappa shape index (κ3) is 3.97. The molecule has 0 amide bonds. The van der Waals surface area contributed by atoms with Gasteiger partial charge in [0.2, 0.25) is 0 Å². The molecule has 3 rings (SSSR count). The molecule has 0 unspecified atom stereocenters. The Morgan fingerprint density at radius 1 is 1.22 bits per heavy atom. The van der Waals surface area contributed by atoms with Gasteiger partial charge in [-0.3, -0.25) is 0 Å². The van der Waals surface area contributed by atoms with Crippen molar-refractivity contribution < 1.29 is 14.4 Å². The molecule has 0 aliphatic carbocycles. The summed E-state index contributed by atoms with van der Waals surface area (Å²) in [5, 5.41) is 12.4. The molecule has 122 valence electrons. The molecule has 1 aliphatic heterocycles. The van der Waals surface area contributed by atoms with Crippen LogP contribution in [0.4, 0.5) is 0 Å². The monoisotopic (exact) mass is 315 g/mol. The number of carboxylic acids is 1. The Hall–Kier alpha value is -2.18. The Morgan fingerprint density at radius 2 is 1.91 bits per heavy atom. The Morgan fingerprint density at radius 3 is 2.52 bits per heavy atom. The van der Waals surface area contributed by atoms with Gasteiger partial charge in [0.05, 0.1) is 0 Å². The number of aromatic carboxylic acids is 1. The summed E-state index contributed by atoms with van der Waals surface area (Å²) in [6.45, 7) is 5.60. The van der Waals surface area contributed by atoms with Crippen molar-refractivity contribution in [1.82, 2.24) is 15.0 Å². The lowest BCUT2D eigenvalue weighted by Gasteiger charge is -2.32. The molecular weight excluding hydrogens is 294 g/mol. The van der Waals surface area contributed by atoms with Gasteiger partial charge >= 0.3 is 5.97 Å². The van der Waals surface area contributed by atoms with E-state index in [9.17, 15) is 4.79 Å². The molecule has 6 nitrogen and oxygen atoms in total. The van der Waals surface area contributed by atoms with Crippen molar-refractivity contribution in [1.29, 1.82) is 0 Å². The van der Waals surface area contributed by atoms with Crippen LogP contribution in [-0.2, 0) is 6.42 Å². The first-order valence-corrected chi connectivity index (χ1v) is 7.82. The van der Waals surface area contributed by atoms with E-state index in [0.29, 0.717) is 5.76 Å². The van der Waals surface area contributed by atoms with E-state index in [-0.39, 0.29) is 5.69 Å². The summed E-state index contributed by atoms with van der Waals surface area (Å²) in [6.07, 6.45) is 1.01. The van der Waals surface area contributed by atoms with Crippen molar-refractivity contribution in [3.05, 3.63) is 41.6 Å². The van der Waals surface area contributed by atoms with Crippen LogP contribution in [0.3, 0.4) is 0 Å². The number of nitrogens with zero attached hydrogens (tertiary/aromatic N) is 3. The topological polar surface area (TPSA) is 69.8 Å². The molecule has 0 bridgehead atoms. The number of carboxylic acid groups (broad SMARTS) is 1. The zero-order valence-electron chi connectivity index (χ0n) is 13.2. The van der Waals surface area contributed by atoms with E-state index in [2.05, 4.69) is 34.1 Å². The highest BCUT2D eigenvalue weighted by Gasteiger charge is 2.14. The number of rotatable bonds is 5. The summed E-state index contributed by atoms with van der Waals surface area (Å²) >= 11 is 0. The lowest BCUT2D eigenvalue weighted by atomic mass is 10.1. The standard InChI is InChI=1S/C17H21N3O3/c1-19-8-10-20(11-9-19)7-6-13-2-4-14(5-3-13)16-12-15(17(21)22)18-23-16/h2-5,12H,6-11H2,1H3,(H,21,22). The van der Waals surface area contributed by atoms with Crippen molar-refractivity contribution in [2.45, 2.75) is 6.42 Å². The number of piperazine rings is 1. The fourth-order valence-electron chi connectivity index (χ4n) is 2.71. The van der Waals surface area contributed by atoms with Crippen molar-refractivity contribution in [3.8, 4) is 11.3 Å². The van der Waals surface area contributed by atoms with E-state index >= 15 is 0 Å². The lowest BCUT2D eigenvalue weighted by molar-refractivity contribution is 0.0686. The highest BCUT2D eigenvalue weighted by Crippen LogP contribution is 2.21. The maximum Gasteiger partial charge on any atom is 0.358 e. The van der Waals surface area contributed by atoms with Gasteiger partial charge in [0.25, 0.3) is 0 Å². The highest BCUT2D eigenvalue weighted by molar-refractivity contribution is 5.86. The largest absolute Gasteiger partial charge is 0.476 e. The Labute approximate surface area is 135 Å². The van der Waals surface area contributed by atoms with Crippen LogP contribution >= 0.6 is 0 Å². The average Bonchev–Trinajstić information content (AvgIpc) is 3.05. The van der Waals surface area contributed by atoms with Crippen LogP contribution in [0.5, 0.6) is 0 Å². The number of aromatic nitrogens is 1. The number of benzene rings is 1. The molecule has 1 N–H and O–H groups in total. The maximum atomic E-state index is 10.8. The minimum absolute atomic E-state index is 0.0702. The van der Waals surface area contributed by atoms with Gasteiger partial charge in [0.15, 0.2) is 11.5 Å². The maximum absolute atomic E-state index is 10.8. The molecule has 0 atom stereocenters. The first-order chi connectivity index (χ1) is 11.1. The third-order valence-electron chi connectivity index (χ3n) is 4.28. The van der Waals surface area contributed by atoms with Crippen LogP contribution in [-0.4, -0.2) is 65.8 Å². The molecule has 1 saturated heterocycles. The second-order valence-electron chi connectivity index (χ2n) is 5.97. The zero-order chi connectivity index (χ0) is 16.2. The molecule has 0 radical (unpaired) electrons. The third-order valence-corrected chi connectivity index (χ3v) is 4.28. The van der Waals surface area contributed by atoms with Crippen LogP contribution < -0.4 is 0 Å². The molecule has 0 spiro atoms. The van der Waals surface area contributed by atoms with E-state index in [4.69, 9.17) is 9.63 Å². The molecule has 1 aromatic carbocycles. The molecule has 6 heteroatoms. The number of carbonyl (C=O) groups is 1. The number of likely N-dealkylation sites (N-methyl/N-ethyl adjacent to an activating group) is 1. The zero-order valence-corrected chi connectivity index (χ0v) is 13.2. The fourth-order valence-corrected chi connectivity index (χ4v) is 2.71. The summed E-state index contributed by atoms with van der Waals surface area (Å²) in [5.41, 5.74) is 2.04. The number of hydrogen-bond acceptors (Lipinski definition) is 5. The molecule has 2 heterocycles. The summed E-state index contributed by atoms with van der Waals surface area (Å²) in [4.78, 5) is 15.7. The van der Waals surface area contributed by atoms with Gasteiger partial charge in [-0.2, -0.15) is 0 Å². The summed E-state index contributed by atoms with van der Waals surface area (Å²) in [7, 11) is 2.16. The fraction of sp³-hybridized carbons (Fsp3) is 0.412. The summed E-state index contributed by atoms with van der Waals surface area (Å²) in [5.74, 6) is -0.600.